The SMILES string of the molecule is CCn1cc(C(=O)N2CCOc3ccc(N(C)C)cc3C2)cn1. The molecule has 1 aliphatic rings. The van der Waals surface area contributed by atoms with Crippen molar-refractivity contribution in [2.24, 2.45) is 0 Å². The minimum atomic E-state index is -0.00333. The number of benzene rings is 1. The highest BCUT2D eigenvalue weighted by Crippen LogP contribution is 2.28. The summed E-state index contributed by atoms with van der Waals surface area (Å²) in [4.78, 5) is 16.6. The number of carbonyl (C=O) groups excluding carboxylic acids is 1. The zero-order valence-corrected chi connectivity index (χ0v) is 13.8. The average molecular weight is 314 g/mol. The lowest BCUT2D eigenvalue weighted by Gasteiger charge is -2.20. The van der Waals surface area contributed by atoms with Gasteiger partial charge in [-0.3, -0.25) is 9.48 Å². The van der Waals surface area contributed by atoms with Gasteiger partial charge in [-0.1, -0.05) is 0 Å². The number of aromatic nitrogens is 2. The molecule has 0 fully saturated rings. The lowest BCUT2D eigenvalue weighted by molar-refractivity contribution is 0.0733. The van der Waals surface area contributed by atoms with Crippen molar-refractivity contribution in [3.8, 4) is 5.75 Å². The van der Waals surface area contributed by atoms with Crippen molar-refractivity contribution in [1.29, 1.82) is 0 Å². The Hall–Kier alpha value is -2.50. The van der Waals surface area contributed by atoms with Crippen LogP contribution in [0.4, 0.5) is 5.69 Å². The van der Waals surface area contributed by atoms with Crippen molar-refractivity contribution >= 4 is 11.6 Å². The van der Waals surface area contributed by atoms with Crippen molar-refractivity contribution in [3.63, 3.8) is 0 Å². The molecule has 3 rings (SSSR count). The van der Waals surface area contributed by atoms with Gasteiger partial charge in [0, 0.05) is 44.6 Å². The zero-order chi connectivity index (χ0) is 16.4. The summed E-state index contributed by atoms with van der Waals surface area (Å²) < 4.78 is 7.56. The number of rotatable bonds is 3. The van der Waals surface area contributed by atoms with E-state index in [1.807, 2.05) is 43.0 Å². The van der Waals surface area contributed by atoms with E-state index in [1.165, 1.54) is 0 Å². The van der Waals surface area contributed by atoms with Crippen molar-refractivity contribution in [2.75, 3.05) is 32.1 Å². The Bertz CT molecular complexity index is 708. The number of amides is 1. The highest BCUT2D eigenvalue weighted by Gasteiger charge is 2.22. The molecule has 0 saturated carbocycles. The molecule has 2 heterocycles. The molecule has 23 heavy (non-hydrogen) atoms. The van der Waals surface area contributed by atoms with E-state index in [2.05, 4.69) is 11.2 Å². The molecule has 0 bridgehead atoms. The van der Waals surface area contributed by atoms with Crippen LogP contribution in [0, 0.1) is 0 Å². The van der Waals surface area contributed by atoms with Crippen LogP contribution in [0.1, 0.15) is 22.8 Å². The molecule has 6 nitrogen and oxygen atoms in total. The van der Waals surface area contributed by atoms with E-state index < -0.39 is 0 Å². The third-order valence-corrected chi connectivity index (χ3v) is 4.03. The molecule has 0 atom stereocenters. The van der Waals surface area contributed by atoms with E-state index in [4.69, 9.17) is 4.74 Å². The monoisotopic (exact) mass is 314 g/mol. The number of hydrogen-bond acceptors (Lipinski definition) is 4. The van der Waals surface area contributed by atoms with Crippen LogP contribution in [0.3, 0.4) is 0 Å². The summed E-state index contributed by atoms with van der Waals surface area (Å²) in [5.74, 6) is 0.853. The van der Waals surface area contributed by atoms with Gasteiger partial charge in [-0.2, -0.15) is 5.10 Å². The highest BCUT2D eigenvalue weighted by atomic mass is 16.5. The van der Waals surface area contributed by atoms with Crippen LogP contribution < -0.4 is 9.64 Å². The molecule has 6 heteroatoms. The fourth-order valence-electron chi connectivity index (χ4n) is 2.66. The fraction of sp³-hybridized carbons (Fsp3) is 0.412. The molecule has 122 valence electrons. The van der Waals surface area contributed by atoms with Gasteiger partial charge in [-0.15, -0.1) is 0 Å². The number of fused-ring (bicyclic) bond motifs is 1. The van der Waals surface area contributed by atoms with Gasteiger partial charge >= 0.3 is 0 Å². The van der Waals surface area contributed by atoms with Crippen LogP contribution in [0.25, 0.3) is 0 Å². The number of anilines is 1. The molecule has 1 amide bonds. The van der Waals surface area contributed by atoms with Crippen LogP contribution in [-0.4, -0.2) is 47.8 Å². The maximum Gasteiger partial charge on any atom is 0.257 e. The first-order chi connectivity index (χ1) is 11.1. The third kappa shape index (κ3) is 3.16. The van der Waals surface area contributed by atoms with E-state index in [0.717, 1.165) is 23.5 Å². The molecule has 0 aliphatic carbocycles. The molecular formula is C17H22N4O2. The number of hydrogen-bond donors (Lipinski definition) is 0. The summed E-state index contributed by atoms with van der Waals surface area (Å²) in [7, 11) is 4.00. The largest absolute Gasteiger partial charge is 0.491 e. The second-order valence-corrected chi connectivity index (χ2v) is 5.85. The van der Waals surface area contributed by atoms with Crippen molar-refractivity contribution in [3.05, 3.63) is 41.7 Å². The first kappa shape index (κ1) is 15.4. The second kappa shape index (κ2) is 6.32. The Morgan fingerprint density at radius 3 is 2.91 bits per heavy atom. The van der Waals surface area contributed by atoms with Crippen LogP contribution in [0.15, 0.2) is 30.6 Å². The number of carbonyl (C=O) groups is 1. The highest BCUT2D eigenvalue weighted by molar-refractivity contribution is 5.93. The Morgan fingerprint density at radius 2 is 2.22 bits per heavy atom. The van der Waals surface area contributed by atoms with E-state index in [-0.39, 0.29) is 5.91 Å². The standard InChI is InChI=1S/C17H22N4O2/c1-4-21-12-14(10-18-21)17(22)20-7-8-23-16-6-5-15(19(2)3)9-13(16)11-20/h5-6,9-10,12H,4,7-8,11H2,1-3H3. The van der Waals surface area contributed by atoms with Crippen molar-refractivity contribution in [2.45, 2.75) is 20.0 Å². The number of nitrogens with zero attached hydrogens (tertiary/aromatic N) is 4. The lowest BCUT2D eigenvalue weighted by Crippen LogP contribution is -2.32. The van der Waals surface area contributed by atoms with E-state index in [1.54, 1.807) is 17.1 Å². The van der Waals surface area contributed by atoms with Crippen LogP contribution in [0.2, 0.25) is 0 Å². The molecule has 0 unspecified atom stereocenters. The summed E-state index contributed by atoms with van der Waals surface area (Å²) in [6, 6.07) is 6.09. The van der Waals surface area contributed by atoms with E-state index >= 15 is 0 Å². The Kier molecular flexibility index (Phi) is 4.23. The quantitative estimate of drug-likeness (QED) is 0.869. The topological polar surface area (TPSA) is 50.6 Å². The molecule has 0 N–H and O–H groups in total. The van der Waals surface area contributed by atoms with Gasteiger partial charge in [-0.25, -0.2) is 0 Å². The maximum absolute atomic E-state index is 12.7. The minimum absolute atomic E-state index is 0.00333. The molecule has 1 aliphatic heterocycles. The van der Waals surface area contributed by atoms with Crippen LogP contribution in [-0.2, 0) is 13.1 Å². The predicted octanol–water partition coefficient (Wildman–Crippen LogP) is 2.00. The van der Waals surface area contributed by atoms with Gasteiger partial charge in [0.15, 0.2) is 0 Å². The van der Waals surface area contributed by atoms with Gasteiger partial charge < -0.3 is 14.5 Å². The fourth-order valence-corrected chi connectivity index (χ4v) is 2.66. The average Bonchev–Trinajstić information content (AvgIpc) is 2.93. The minimum Gasteiger partial charge on any atom is -0.491 e. The number of ether oxygens (including phenoxy) is 1. The predicted molar refractivity (Wildman–Crippen MR) is 88.9 cm³/mol. The molecule has 1 aromatic carbocycles. The summed E-state index contributed by atoms with van der Waals surface area (Å²) in [6.07, 6.45) is 3.43. The van der Waals surface area contributed by atoms with Gasteiger partial charge in [0.1, 0.15) is 12.4 Å². The van der Waals surface area contributed by atoms with Gasteiger partial charge in [0.05, 0.1) is 18.3 Å². The normalized spacial score (nSPS) is 14.0. The molecule has 2 aromatic rings. The van der Waals surface area contributed by atoms with Crippen molar-refractivity contribution < 1.29 is 9.53 Å². The smallest absolute Gasteiger partial charge is 0.257 e. The first-order valence-corrected chi connectivity index (χ1v) is 7.83. The molecule has 0 spiro atoms. The Balaban J connectivity index is 1.84. The molecular weight excluding hydrogens is 292 g/mol. The van der Waals surface area contributed by atoms with Gasteiger partial charge in [-0.05, 0) is 25.1 Å². The van der Waals surface area contributed by atoms with E-state index in [9.17, 15) is 4.79 Å². The van der Waals surface area contributed by atoms with Crippen LogP contribution >= 0.6 is 0 Å². The third-order valence-electron chi connectivity index (χ3n) is 4.03. The summed E-state index contributed by atoms with van der Waals surface area (Å²) >= 11 is 0. The maximum atomic E-state index is 12.7. The molecule has 0 radical (unpaired) electrons. The van der Waals surface area contributed by atoms with Gasteiger partial charge in [0.25, 0.3) is 5.91 Å². The Morgan fingerprint density at radius 1 is 1.39 bits per heavy atom. The van der Waals surface area contributed by atoms with Gasteiger partial charge in [0.2, 0.25) is 0 Å². The molecule has 1 aromatic heterocycles. The van der Waals surface area contributed by atoms with Crippen molar-refractivity contribution in [1.82, 2.24) is 14.7 Å². The summed E-state index contributed by atoms with van der Waals surface area (Å²) in [5.41, 5.74) is 2.75. The first-order valence-electron chi connectivity index (χ1n) is 7.83. The zero-order valence-electron chi connectivity index (χ0n) is 13.8. The summed E-state index contributed by atoms with van der Waals surface area (Å²) in [6.45, 7) is 4.38. The summed E-state index contributed by atoms with van der Waals surface area (Å²) in [5, 5.41) is 4.19. The van der Waals surface area contributed by atoms with Crippen LogP contribution in [0.5, 0.6) is 5.75 Å². The number of aryl methyl sites for hydroxylation is 1. The van der Waals surface area contributed by atoms with E-state index in [0.29, 0.717) is 25.3 Å². The lowest BCUT2D eigenvalue weighted by atomic mass is 10.1. The Labute approximate surface area is 136 Å². The molecule has 0 saturated heterocycles. The second-order valence-electron chi connectivity index (χ2n) is 5.85.